The highest BCUT2D eigenvalue weighted by Crippen LogP contribution is 2.68. The van der Waals surface area contributed by atoms with E-state index < -0.39 is 34.9 Å². The van der Waals surface area contributed by atoms with Crippen molar-refractivity contribution in [3.63, 3.8) is 0 Å². The van der Waals surface area contributed by atoms with Gasteiger partial charge in [-0.15, -0.1) is 0 Å². The van der Waals surface area contributed by atoms with Crippen LogP contribution in [0.1, 0.15) is 66.4 Å². The van der Waals surface area contributed by atoms with E-state index in [4.69, 9.17) is 10.5 Å². The summed E-state index contributed by atoms with van der Waals surface area (Å²) in [6, 6.07) is 3.34. The van der Waals surface area contributed by atoms with Crippen LogP contribution in [0.25, 0.3) is 0 Å². The van der Waals surface area contributed by atoms with Crippen LogP contribution >= 0.6 is 0 Å². The molecule has 1 spiro atoms. The van der Waals surface area contributed by atoms with E-state index in [1.165, 1.54) is 20.0 Å². The van der Waals surface area contributed by atoms with Crippen molar-refractivity contribution in [3.8, 4) is 5.75 Å². The van der Waals surface area contributed by atoms with Gasteiger partial charge in [0, 0.05) is 17.7 Å². The van der Waals surface area contributed by atoms with E-state index in [0.717, 1.165) is 54.9 Å². The van der Waals surface area contributed by atoms with E-state index in [0.29, 0.717) is 30.1 Å². The molecule has 4 aliphatic carbocycles. The molecule has 35 heavy (non-hydrogen) atoms. The molecule has 1 aromatic carbocycles. The Morgan fingerprint density at radius 1 is 1.20 bits per heavy atom. The highest BCUT2D eigenvalue weighted by atomic mass is 16.5. The summed E-state index contributed by atoms with van der Waals surface area (Å²) in [5.41, 5.74) is 6.42. The number of rotatable bonds is 6. The molecule has 0 radical (unpaired) electrons. The zero-order valence-corrected chi connectivity index (χ0v) is 19.9. The summed E-state index contributed by atoms with van der Waals surface area (Å²) in [5.74, 6) is 0.238. The standard InChI is InChI=1S/C27H32N2O6/c1-34-21(31)7-6-20(30)29-19-9-11-27(33)18-13-16-4-5-17(25(28)32)23-22(16)26(27,24(19)35-23)10-8-15(18)12-14-2-3-14/h4-7,14-15,18-19,24,33H,2-3,8-13H2,1H3,(H2,28,32)(H,29,30)/b7-6+/t15?,18-,19+,24-,26-,27+/m0/s1. The molecular formula is C27H32N2O6. The summed E-state index contributed by atoms with van der Waals surface area (Å²) in [6.07, 6.45) is 9.05. The molecule has 1 aromatic rings. The van der Waals surface area contributed by atoms with Gasteiger partial charge in [0.2, 0.25) is 5.91 Å². The third-order valence-electron chi connectivity index (χ3n) is 9.42. The Hall–Kier alpha value is -2.87. The highest BCUT2D eigenvalue weighted by molar-refractivity contribution is 5.97. The predicted octanol–water partition coefficient (Wildman–Crippen LogP) is 1.91. The fraction of sp³-hybridized carbons (Fsp3) is 0.593. The number of carbonyl (C=O) groups excluding carboxylic acids is 3. The molecule has 0 saturated heterocycles. The van der Waals surface area contributed by atoms with Crippen LogP contribution in [0.5, 0.6) is 5.75 Å². The van der Waals surface area contributed by atoms with Crippen molar-refractivity contribution in [1.29, 1.82) is 0 Å². The van der Waals surface area contributed by atoms with Gasteiger partial charge in [-0.25, -0.2) is 4.79 Å². The Balaban J connectivity index is 1.41. The van der Waals surface area contributed by atoms with Crippen LogP contribution in [0.15, 0.2) is 24.3 Å². The Morgan fingerprint density at radius 3 is 2.71 bits per heavy atom. The van der Waals surface area contributed by atoms with Crippen molar-refractivity contribution in [2.75, 3.05) is 7.11 Å². The van der Waals surface area contributed by atoms with Crippen LogP contribution in [0.4, 0.5) is 0 Å². The van der Waals surface area contributed by atoms with Gasteiger partial charge >= 0.3 is 5.97 Å². The molecule has 8 nitrogen and oxygen atoms in total. The maximum atomic E-state index is 12.7. The summed E-state index contributed by atoms with van der Waals surface area (Å²) >= 11 is 0. The molecule has 2 amide bonds. The van der Waals surface area contributed by atoms with Gasteiger partial charge in [-0.2, -0.15) is 0 Å². The van der Waals surface area contributed by atoms with Gasteiger partial charge in [0.05, 0.1) is 29.7 Å². The van der Waals surface area contributed by atoms with Crippen LogP contribution < -0.4 is 15.8 Å². The van der Waals surface area contributed by atoms with E-state index in [1.54, 1.807) is 6.07 Å². The second-order valence-electron chi connectivity index (χ2n) is 11.1. The lowest BCUT2D eigenvalue weighted by Crippen LogP contribution is -2.73. The van der Waals surface area contributed by atoms with Gasteiger partial charge in [-0.05, 0) is 67.9 Å². The lowest BCUT2D eigenvalue weighted by molar-refractivity contribution is -0.192. The van der Waals surface area contributed by atoms with Crippen molar-refractivity contribution in [1.82, 2.24) is 5.32 Å². The summed E-state index contributed by atoms with van der Waals surface area (Å²) in [6.45, 7) is 0. The third kappa shape index (κ3) is 3.18. The van der Waals surface area contributed by atoms with Crippen molar-refractivity contribution < 1.29 is 29.0 Å². The molecule has 6 atom stereocenters. The van der Waals surface area contributed by atoms with Gasteiger partial charge < -0.3 is 25.6 Å². The van der Waals surface area contributed by atoms with E-state index in [-0.39, 0.29) is 12.0 Å². The Morgan fingerprint density at radius 2 is 2.00 bits per heavy atom. The number of carbonyl (C=O) groups is 3. The highest BCUT2D eigenvalue weighted by Gasteiger charge is 2.73. The monoisotopic (exact) mass is 480 g/mol. The van der Waals surface area contributed by atoms with Crippen molar-refractivity contribution in [2.45, 2.75) is 74.5 Å². The Bertz CT molecular complexity index is 1140. The minimum absolute atomic E-state index is 0.122. The quantitative estimate of drug-likeness (QED) is 0.422. The number of primary amides is 1. The van der Waals surface area contributed by atoms with Crippen LogP contribution in [0.3, 0.4) is 0 Å². The first-order valence-corrected chi connectivity index (χ1v) is 12.7. The smallest absolute Gasteiger partial charge is 0.330 e. The number of ether oxygens (including phenoxy) is 2. The number of nitrogens with two attached hydrogens (primary N) is 1. The summed E-state index contributed by atoms with van der Waals surface area (Å²) in [4.78, 5) is 36.4. The molecule has 1 aliphatic heterocycles. The van der Waals surface area contributed by atoms with E-state index in [1.807, 2.05) is 6.07 Å². The second kappa shape index (κ2) is 7.82. The van der Waals surface area contributed by atoms with E-state index in [9.17, 15) is 19.5 Å². The largest absolute Gasteiger partial charge is 0.486 e. The number of hydrogen-bond acceptors (Lipinski definition) is 6. The molecule has 2 bridgehead atoms. The fourth-order valence-corrected chi connectivity index (χ4v) is 7.84. The molecule has 186 valence electrons. The summed E-state index contributed by atoms with van der Waals surface area (Å²) < 4.78 is 11.1. The number of hydrogen-bond donors (Lipinski definition) is 3. The first-order valence-electron chi connectivity index (χ1n) is 12.7. The van der Waals surface area contributed by atoms with Crippen molar-refractivity contribution in [3.05, 3.63) is 41.0 Å². The maximum Gasteiger partial charge on any atom is 0.330 e. The zero-order valence-electron chi connectivity index (χ0n) is 19.9. The Kier molecular flexibility index (Phi) is 5.04. The molecule has 0 aromatic heterocycles. The SMILES string of the molecule is COC(=O)/C=C/C(=O)N[C@@H]1CC[C@@]2(O)[C@H]3Cc4ccc(C(N)=O)c5c4[C@@]2(CCC3CC2CC2)[C@H]1O5. The normalized spacial score (nSPS) is 36.3. The first-order chi connectivity index (χ1) is 16.8. The zero-order chi connectivity index (χ0) is 24.5. The fourth-order valence-electron chi connectivity index (χ4n) is 7.84. The van der Waals surface area contributed by atoms with Gasteiger partial charge in [-0.1, -0.05) is 18.9 Å². The molecule has 5 aliphatic rings. The van der Waals surface area contributed by atoms with Crippen molar-refractivity contribution in [2.24, 2.45) is 23.5 Å². The van der Waals surface area contributed by atoms with Crippen LogP contribution in [-0.2, 0) is 26.2 Å². The molecular weight excluding hydrogens is 448 g/mol. The number of esters is 1. The van der Waals surface area contributed by atoms with Crippen LogP contribution in [0, 0.1) is 17.8 Å². The maximum absolute atomic E-state index is 12.7. The molecule has 1 heterocycles. The van der Waals surface area contributed by atoms with Crippen LogP contribution in [0.2, 0.25) is 0 Å². The molecule has 4 N–H and O–H groups in total. The number of benzene rings is 1. The van der Waals surface area contributed by atoms with Gasteiger partial charge in [-0.3, -0.25) is 9.59 Å². The molecule has 1 unspecified atom stereocenters. The summed E-state index contributed by atoms with van der Waals surface area (Å²) in [7, 11) is 1.25. The van der Waals surface area contributed by atoms with E-state index >= 15 is 0 Å². The summed E-state index contributed by atoms with van der Waals surface area (Å²) in [5, 5.41) is 15.5. The topological polar surface area (TPSA) is 128 Å². The van der Waals surface area contributed by atoms with Gasteiger partial charge in [0.25, 0.3) is 5.91 Å². The minimum atomic E-state index is -0.965. The lowest BCUT2D eigenvalue weighted by Gasteiger charge is -2.63. The number of aliphatic hydroxyl groups is 1. The average molecular weight is 481 g/mol. The first kappa shape index (κ1) is 22.6. The third-order valence-corrected chi connectivity index (χ3v) is 9.42. The van der Waals surface area contributed by atoms with Crippen molar-refractivity contribution >= 4 is 17.8 Å². The lowest BCUT2D eigenvalue weighted by atomic mass is 9.43. The van der Waals surface area contributed by atoms with E-state index in [2.05, 4.69) is 10.1 Å². The van der Waals surface area contributed by atoms with Gasteiger partial charge in [0.1, 0.15) is 11.9 Å². The van der Waals surface area contributed by atoms with Crippen LogP contribution in [-0.4, -0.2) is 47.7 Å². The minimum Gasteiger partial charge on any atom is -0.486 e. The molecule has 3 fully saturated rings. The average Bonchev–Trinajstić information content (AvgIpc) is 3.57. The number of amides is 2. The number of nitrogens with one attached hydrogen (secondary N) is 1. The molecule has 3 saturated carbocycles. The molecule has 8 heteroatoms. The second-order valence-corrected chi connectivity index (χ2v) is 11.1. The molecule has 6 rings (SSSR count). The predicted molar refractivity (Wildman–Crippen MR) is 126 cm³/mol. The number of methoxy groups -OCH3 is 1. The van der Waals surface area contributed by atoms with Gasteiger partial charge in [0.15, 0.2) is 0 Å². The Labute approximate surface area is 204 Å².